The highest BCUT2D eigenvalue weighted by molar-refractivity contribution is 6.01. The van der Waals surface area contributed by atoms with Crippen LogP contribution < -0.4 is 0 Å². The molecule has 0 N–H and O–H groups in total. The number of Topliss-reactive ketones (excluding diaryl/α,β-unsaturated/α-hetero) is 1. The number of carbonyl (C=O) groups is 2. The van der Waals surface area contributed by atoms with Crippen molar-refractivity contribution in [1.29, 1.82) is 0 Å². The third-order valence-corrected chi connectivity index (χ3v) is 3.50. The molecule has 0 bridgehead atoms. The van der Waals surface area contributed by atoms with Gasteiger partial charge in [-0.15, -0.1) is 0 Å². The summed E-state index contributed by atoms with van der Waals surface area (Å²) in [5.41, 5.74) is -1.82. The summed E-state index contributed by atoms with van der Waals surface area (Å²) in [6.07, 6.45) is -4.62. The fraction of sp³-hybridized carbons (Fsp3) is 0.176. The number of aryl methyl sites for hydroxylation is 1. The Morgan fingerprint density at radius 3 is 2.42 bits per heavy atom. The Kier molecular flexibility index (Phi) is 5.39. The molecule has 0 aromatic heterocycles. The molecule has 136 valence electrons. The first-order valence-electron chi connectivity index (χ1n) is 7.23. The number of rotatable bonds is 5. The maximum atomic E-state index is 12.7. The SMILES string of the molecule is Cc1cccc([N+](=O)[O-])c1C(=O)OCC(=O)c1cccc(C(F)(F)F)c1. The van der Waals surface area contributed by atoms with Crippen LogP contribution in [0.4, 0.5) is 18.9 Å². The maximum Gasteiger partial charge on any atom is 0.416 e. The molecule has 0 atom stereocenters. The molecule has 6 nitrogen and oxygen atoms in total. The minimum Gasteiger partial charge on any atom is -0.453 e. The molecular formula is C17H12F3NO5. The van der Waals surface area contributed by atoms with Crippen LogP contribution in [0.15, 0.2) is 42.5 Å². The van der Waals surface area contributed by atoms with Gasteiger partial charge >= 0.3 is 12.1 Å². The van der Waals surface area contributed by atoms with E-state index >= 15 is 0 Å². The molecule has 0 spiro atoms. The molecule has 0 unspecified atom stereocenters. The Labute approximate surface area is 145 Å². The number of esters is 1. The summed E-state index contributed by atoms with van der Waals surface area (Å²) in [7, 11) is 0. The Morgan fingerprint density at radius 2 is 1.81 bits per heavy atom. The minimum atomic E-state index is -4.62. The monoisotopic (exact) mass is 367 g/mol. The molecule has 0 radical (unpaired) electrons. The highest BCUT2D eigenvalue weighted by Gasteiger charge is 2.31. The molecule has 2 aromatic carbocycles. The first-order chi connectivity index (χ1) is 12.1. The van der Waals surface area contributed by atoms with Crippen molar-refractivity contribution in [2.45, 2.75) is 13.1 Å². The molecule has 0 heterocycles. The van der Waals surface area contributed by atoms with Gasteiger partial charge < -0.3 is 4.74 Å². The summed E-state index contributed by atoms with van der Waals surface area (Å²) < 4.78 is 42.8. The summed E-state index contributed by atoms with van der Waals surface area (Å²) in [4.78, 5) is 34.3. The van der Waals surface area contributed by atoms with E-state index in [1.807, 2.05) is 0 Å². The summed E-state index contributed by atoms with van der Waals surface area (Å²) >= 11 is 0. The third-order valence-electron chi connectivity index (χ3n) is 3.50. The van der Waals surface area contributed by atoms with E-state index in [9.17, 15) is 32.9 Å². The summed E-state index contributed by atoms with van der Waals surface area (Å²) in [6.45, 7) is 0.615. The van der Waals surface area contributed by atoms with E-state index in [0.29, 0.717) is 6.07 Å². The maximum absolute atomic E-state index is 12.7. The molecule has 0 saturated heterocycles. The fourth-order valence-corrected chi connectivity index (χ4v) is 2.23. The fourth-order valence-electron chi connectivity index (χ4n) is 2.23. The van der Waals surface area contributed by atoms with Crippen molar-refractivity contribution in [2.24, 2.45) is 0 Å². The van der Waals surface area contributed by atoms with E-state index in [-0.39, 0.29) is 16.7 Å². The van der Waals surface area contributed by atoms with Crippen LogP contribution in [0.5, 0.6) is 0 Å². The van der Waals surface area contributed by atoms with E-state index < -0.39 is 40.7 Å². The second-order valence-electron chi connectivity index (χ2n) is 5.30. The van der Waals surface area contributed by atoms with Crippen molar-refractivity contribution in [1.82, 2.24) is 0 Å². The second-order valence-corrected chi connectivity index (χ2v) is 5.30. The lowest BCUT2D eigenvalue weighted by Gasteiger charge is -2.09. The van der Waals surface area contributed by atoms with Crippen molar-refractivity contribution in [3.05, 3.63) is 74.8 Å². The van der Waals surface area contributed by atoms with Crippen LogP contribution in [0.25, 0.3) is 0 Å². The van der Waals surface area contributed by atoms with Crippen LogP contribution in [0.3, 0.4) is 0 Å². The highest BCUT2D eigenvalue weighted by Crippen LogP contribution is 2.29. The standard InChI is InChI=1S/C17H12F3NO5/c1-10-4-2-7-13(21(24)25)15(10)16(23)26-9-14(22)11-5-3-6-12(8-11)17(18,19)20/h2-8H,9H2,1H3. The molecule has 0 fully saturated rings. The normalized spacial score (nSPS) is 11.1. The number of halogens is 3. The van der Waals surface area contributed by atoms with Gasteiger partial charge in [0.1, 0.15) is 5.56 Å². The lowest BCUT2D eigenvalue weighted by atomic mass is 10.1. The van der Waals surface area contributed by atoms with Gasteiger partial charge in [0.2, 0.25) is 0 Å². The average molecular weight is 367 g/mol. The highest BCUT2D eigenvalue weighted by atomic mass is 19.4. The molecule has 2 rings (SSSR count). The van der Waals surface area contributed by atoms with Gasteiger partial charge in [-0.05, 0) is 24.6 Å². The van der Waals surface area contributed by atoms with E-state index in [4.69, 9.17) is 4.74 Å². The van der Waals surface area contributed by atoms with Gasteiger partial charge in [0.05, 0.1) is 10.5 Å². The number of hydrogen-bond acceptors (Lipinski definition) is 5. The molecule has 9 heteroatoms. The molecule has 0 amide bonds. The molecule has 0 aliphatic heterocycles. The van der Waals surface area contributed by atoms with Gasteiger partial charge in [-0.3, -0.25) is 14.9 Å². The van der Waals surface area contributed by atoms with Crippen LogP contribution in [0.2, 0.25) is 0 Å². The average Bonchev–Trinajstić information content (AvgIpc) is 2.58. The molecule has 0 aliphatic rings. The zero-order valence-electron chi connectivity index (χ0n) is 13.4. The van der Waals surface area contributed by atoms with Gasteiger partial charge in [0, 0.05) is 11.6 Å². The molecule has 0 aliphatic carbocycles. The van der Waals surface area contributed by atoms with E-state index in [0.717, 1.165) is 24.3 Å². The number of ketones is 1. The largest absolute Gasteiger partial charge is 0.453 e. The topological polar surface area (TPSA) is 86.5 Å². The Hall–Kier alpha value is -3.23. The second kappa shape index (κ2) is 7.34. The lowest BCUT2D eigenvalue weighted by Crippen LogP contribution is -2.17. The predicted molar refractivity (Wildman–Crippen MR) is 83.9 cm³/mol. The van der Waals surface area contributed by atoms with Crippen molar-refractivity contribution < 1.29 is 32.4 Å². The first kappa shape index (κ1) is 19.1. The molecule has 26 heavy (non-hydrogen) atoms. The first-order valence-corrected chi connectivity index (χ1v) is 7.23. The van der Waals surface area contributed by atoms with Crippen molar-refractivity contribution in [3.8, 4) is 0 Å². The Bertz CT molecular complexity index is 877. The number of nitro groups is 1. The summed E-state index contributed by atoms with van der Waals surface area (Å²) in [5.74, 6) is -1.96. The number of hydrogen-bond donors (Lipinski definition) is 0. The zero-order valence-corrected chi connectivity index (χ0v) is 13.4. The van der Waals surface area contributed by atoms with Crippen LogP contribution >= 0.6 is 0 Å². The number of alkyl halides is 3. The number of ether oxygens (including phenoxy) is 1. The van der Waals surface area contributed by atoms with Gasteiger partial charge in [-0.1, -0.05) is 24.3 Å². The quantitative estimate of drug-likeness (QED) is 0.345. The van der Waals surface area contributed by atoms with Crippen molar-refractivity contribution in [2.75, 3.05) is 6.61 Å². The smallest absolute Gasteiger partial charge is 0.416 e. The predicted octanol–water partition coefficient (Wildman–Crippen LogP) is 3.96. The van der Waals surface area contributed by atoms with Gasteiger partial charge in [0.15, 0.2) is 12.4 Å². The number of carbonyl (C=O) groups excluding carboxylic acids is 2. The molecule has 0 saturated carbocycles. The zero-order chi connectivity index (χ0) is 19.5. The van der Waals surface area contributed by atoms with Gasteiger partial charge in [-0.25, -0.2) is 4.79 Å². The third kappa shape index (κ3) is 4.24. The summed E-state index contributed by atoms with van der Waals surface area (Å²) in [5, 5.41) is 11.0. The van der Waals surface area contributed by atoms with E-state index in [1.54, 1.807) is 0 Å². The van der Waals surface area contributed by atoms with Crippen LogP contribution in [0.1, 0.15) is 31.8 Å². The van der Waals surface area contributed by atoms with Gasteiger partial charge in [-0.2, -0.15) is 13.2 Å². The Balaban J connectivity index is 2.16. The molecular weight excluding hydrogens is 355 g/mol. The van der Waals surface area contributed by atoms with E-state index in [1.165, 1.54) is 19.1 Å². The van der Waals surface area contributed by atoms with Crippen molar-refractivity contribution in [3.63, 3.8) is 0 Å². The molecule has 2 aromatic rings. The van der Waals surface area contributed by atoms with Crippen LogP contribution in [-0.2, 0) is 10.9 Å². The van der Waals surface area contributed by atoms with E-state index in [2.05, 4.69) is 0 Å². The lowest BCUT2D eigenvalue weighted by molar-refractivity contribution is -0.385. The number of benzene rings is 2. The summed E-state index contributed by atoms with van der Waals surface area (Å²) in [6, 6.07) is 7.62. The van der Waals surface area contributed by atoms with Crippen molar-refractivity contribution >= 4 is 17.4 Å². The van der Waals surface area contributed by atoms with Crippen LogP contribution in [-0.4, -0.2) is 23.3 Å². The minimum absolute atomic E-state index is 0.274. The van der Waals surface area contributed by atoms with Crippen LogP contribution in [0, 0.1) is 17.0 Å². The Morgan fingerprint density at radius 1 is 1.15 bits per heavy atom. The number of nitro benzene ring substituents is 1. The van der Waals surface area contributed by atoms with Gasteiger partial charge in [0.25, 0.3) is 5.69 Å². The number of nitrogens with zero attached hydrogens (tertiary/aromatic N) is 1.